The van der Waals surface area contributed by atoms with Crippen molar-refractivity contribution < 1.29 is 19.0 Å². The molecule has 0 aliphatic rings. The van der Waals surface area contributed by atoms with Crippen LogP contribution < -0.4 is 15.8 Å². The Hall–Kier alpha value is -1.50. The standard InChI is InChI=1S/C13H20N2O4.ClH/c1-3-18-6-7-19-9-13(16)15-12-8-10(17-2)4-5-11(12)14;/h4-5,8H,3,6-7,9,14H2,1-2H3,(H,15,16);1H. The van der Waals surface area contributed by atoms with Crippen molar-refractivity contribution in [2.24, 2.45) is 0 Å². The number of hydrogen-bond donors (Lipinski definition) is 2. The lowest BCUT2D eigenvalue weighted by Gasteiger charge is -2.10. The summed E-state index contributed by atoms with van der Waals surface area (Å²) in [6.07, 6.45) is 0. The second-order valence-corrected chi connectivity index (χ2v) is 3.75. The van der Waals surface area contributed by atoms with Gasteiger partial charge in [-0.05, 0) is 19.1 Å². The van der Waals surface area contributed by atoms with Crippen LogP contribution in [0.4, 0.5) is 11.4 Å². The van der Waals surface area contributed by atoms with Crippen LogP contribution in [0, 0.1) is 0 Å². The van der Waals surface area contributed by atoms with E-state index in [1.165, 1.54) is 0 Å². The number of amides is 1. The summed E-state index contributed by atoms with van der Waals surface area (Å²) in [7, 11) is 1.55. The Morgan fingerprint density at radius 1 is 1.30 bits per heavy atom. The van der Waals surface area contributed by atoms with Gasteiger partial charge in [0.1, 0.15) is 12.4 Å². The van der Waals surface area contributed by atoms with Crippen LogP contribution >= 0.6 is 12.4 Å². The van der Waals surface area contributed by atoms with Gasteiger partial charge in [0.15, 0.2) is 0 Å². The molecule has 6 nitrogen and oxygen atoms in total. The fraction of sp³-hybridized carbons (Fsp3) is 0.462. The van der Waals surface area contributed by atoms with E-state index in [0.29, 0.717) is 36.9 Å². The van der Waals surface area contributed by atoms with Gasteiger partial charge in [-0.25, -0.2) is 0 Å². The zero-order valence-electron chi connectivity index (χ0n) is 11.7. The average molecular weight is 305 g/mol. The van der Waals surface area contributed by atoms with E-state index >= 15 is 0 Å². The second-order valence-electron chi connectivity index (χ2n) is 3.75. The molecule has 1 aromatic carbocycles. The van der Waals surface area contributed by atoms with E-state index in [9.17, 15) is 4.79 Å². The Morgan fingerprint density at radius 2 is 2.00 bits per heavy atom. The van der Waals surface area contributed by atoms with Crippen molar-refractivity contribution in [2.45, 2.75) is 6.92 Å². The third-order valence-corrected chi connectivity index (χ3v) is 2.34. The van der Waals surface area contributed by atoms with Crippen molar-refractivity contribution in [2.75, 3.05) is 44.6 Å². The first-order valence-corrected chi connectivity index (χ1v) is 6.06. The van der Waals surface area contributed by atoms with Crippen molar-refractivity contribution in [3.05, 3.63) is 18.2 Å². The molecule has 0 heterocycles. The summed E-state index contributed by atoms with van der Waals surface area (Å²) in [4.78, 5) is 11.6. The van der Waals surface area contributed by atoms with Crippen molar-refractivity contribution in [1.82, 2.24) is 0 Å². The highest BCUT2D eigenvalue weighted by Crippen LogP contribution is 2.24. The molecular formula is C13H21ClN2O4. The number of halogens is 1. The molecule has 3 N–H and O–H groups in total. The van der Waals surface area contributed by atoms with Gasteiger partial charge in [0.05, 0.1) is 31.7 Å². The molecular weight excluding hydrogens is 284 g/mol. The zero-order valence-corrected chi connectivity index (χ0v) is 12.5. The molecule has 0 aliphatic carbocycles. The quantitative estimate of drug-likeness (QED) is 0.564. The maximum Gasteiger partial charge on any atom is 0.250 e. The number of methoxy groups -OCH3 is 1. The minimum Gasteiger partial charge on any atom is -0.497 e. The second kappa shape index (κ2) is 10.3. The summed E-state index contributed by atoms with van der Waals surface area (Å²) in [6.45, 7) is 3.36. The predicted molar refractivity (Wildman–Crippen MR) is 80.6 cm³/mol. The van der Waals surface area contributed by atoms with Gasteiger partial charge in [0.2, 0.25) is 5.91 Å². The molecule has 0 unspecified atom stereocenters. The van der Waals surface area contributed by atoms with Crippen LogP contribution in [0.1, 0.15) is 6.92 Å². The highest BCUT2D eigenvalue weighted by Gasteiger charge is 2.06. The number of nitrogens with one attached hydrogen (secondary N) is 1. The average Bonchev–Trinajstić information content (AvgIpc) is 2.41. The van der Waals surface area contributed by atoms with Gasteiger partial charge < -0.3 is 25.3 Å². The third kappa shape index (κ3) is 6.60. The van der Waals surface area contributed by atoms with E-state index in [1.54, 1.807) is 25.3 Å². The minimum absolute atomic E-state index is 0. The van der Waals surface area contributed by atoms with Crippen LogP contribution in [-0.2, 0) is 14.3 Å². The van der Waals surface area contributed by atoms with Gasteiger partial charge in [0.25, 0.3) is 0 Å². The SMILES string of the molecule is CCOCCOCC(=O)Nc1cc(OC)ccc1N.Cl. The molecule has 0 radical (unpaired) electrons. The molecule has 0 spiro atoms. The highest BCUT2D eigenvalue weighted by molar-refractivity contribution is 5.94. The summed E-state index contributed by atoms with van der Waals surface area (Å²) in [6, 6.07) is 5.06. The van der Waals surface area contributed by atoms with Gasteiger partial charge in [-0.1, -0.05) is 0 Å². The summed E-state index contributed by atoms with van der Waals surface area (Å²) >= 11 is 0. The Kier molecular flexibility index (Phi) is 9.53. The summed E-state index contributed by atoms with van der Waals surface area (Å²) < 4.78 is 15.3. The number of nitrogen functional groups attached to an aromatic ring is 1. The van der Waals surface area contributed by atoms with Crippen molar-refractivity contribution in [3.63, 3.8) is 0 Å². The first kappa shape index (κ1) is 18.5. The fourth-order valence-electron chi connectivity index (χ4n) is 1.38. The first-order chi connectivity index (χ1) is 9.17. The topological polar surface area (TPSA) is 82.8 Å². The Morgan fingerprint density at radius 3 is 2.65 bits per heavy atom. The van der Waals surface area contributed by atoms with E-state index in [4.69, 9.17) is 19.9 Å². The molecule has 7 heteroatoms. The van der Waals surface area contributed by atoms with Crippen LogP contribution in [0.25, 0.3) is 0 Å². The normalized spacial score (nSPS) is 9.70. The lowest BCUT2D eigenvalue weighted by molar-refractivity contribution is -0.121. The molecule has 1 amide bonds. The maximum atomic E-state index is 11.6. The van der Waals surface area contributed by atoms with E-state index in [-0.39, 0.29) is 24.9 Å². The molecule has 0 saturated heterocycles. The first-order valence-electron chi connectivity index (χ1n) is 6.06. The van der Waals surface area contributed by atoms with E-state index in [1.807, 2.05) is 6.92 Å². The molecule has 0 fully saturated rings. The van der Waals surface area contributed by atoms with E-state index in [0.717, 1.165) is 0 Å². The molecule has 0 bridgehead atoms. The minimum atomic E-state index is -0.267. The van der Waals surface area contributed by atoms with E-state index in [2.05, 4.69) is 5.32 Å². The molecule has 0 saturated carbocycles. The number of nitrogens with two attached hydrogens (primary N) is 1. The van der Waals surface area contributed by atoms with Gasteiger partial charge in [-0.3, -0.25) is 4.79 Å². The van der Waals surface area contributed by atoms with Crippen molar-refractivity contribution >= 4 is 29.7 Å². The van der Waals surface area contributed by atoms with Gasteiger partial charge in [-0.2, -0.15) is 0 Å². The Labute approximate surface area is 125 Å². The lowest BCUT2D eigenvalue weighted by atomic mass is 10.2. The van der Waals surface area contributed by atoms with Gasteiger partial charge in [0, 0.05) is 12.7 Å². The molecule has 0 atom stereocenters. The number of carbonyl (C=O) groups is 1. The predicted octanol–water partition coefficient (Wildman–Crippen LogP) is 1.69. The molecule has 20 heavy (non-hydrogen) atoms. The largest absolute Gasteiger partial charge is 0.497 e. The van der Waals surface area contributed by atoms with Crippen LogP contribution in [-0.4, -0.2) is 39.4 Å². The van der Waals surface area contributed by atoms with Crippen LogP contribution in [0.15, 0.2) is 18.2 Å². The van der Waals surface area contributed by atoms with Crippen LogP contribution in [0.2, 0.25) is 0 Å². The number of hydrogen-bond acceptors (Lipinski definition) is 5. The van der Waals surface area contributed by atoms with Crippen LogP contribution in [0.3, 0.4) is 0 Å². The number of rotatable bonds is 8. The number of ether oxygens (including phenoxy) is 3. The smallest absolute Gasteiger partial charge is 0.250 e. The van der Waals surface area contributed by atoms with Crippen molar-refractivity contribution in [1.29, 1.82) is 0 Å². The fourth-order valence-corrected chi connectivity index (χ4v) is 1.38. The zero-order chi connectivity index (χ0) is 14.1. The lowest BCUT2D eigenvalue weighted by Crippen LogP contribution is -2.20. The Balaban J connectivity index is 0.00000361. The third-order valence-electron chi connectivity index (χ3n) is 2.34. The maximum absolute atomic E-state index is 11.6. The molecule has 114 valence electrons. The number of carbonyl (C=O) groups excluding carboxylic acids is 1. The van der Waals surface area contributed by atoms with Gasteiger partial charge >= 0.3 is 0 Å². The summed E-state index contributed by atoms with van der Waals surface area (Å²) in [5.41, 5.74) is 6.74. The Bertz CT molecular complexity index is 415. The van der Waals surface area contributed by atoms with Crippen molar-refractivity contribution in [3.8, 4) is 5.75 Å². The van der Waals surface area contributed by atoms with Gasteiger partial charge in [-0.15, -0.1) is 12.4 Å². The number of benzene rings is 1. The molecule has 1 aromatic rings. The molecule has 0 aliphatic heterocycles. The molecule has 0 aromatic heterocycles. The van der Waals surface area contributed by atoms with E-state index < -0.39 is 0 Å². The summed E-state index contributed by atoms with van der Waals surface area (Å²) in [5, 5.41) is 2.67. The number of anilines is 2. The summed E-state index contributed by atoms with van der Waals surface area (Å²) in [5.74, 6) is 0.359. The molecule has 1 rings (SSSR count). The highest BCUT2D eigenvalue weighted by atomic mass is 35.5. The van der Waals surface area contributed by atoms with Crippen LogP contribution in [0.5, 0.6) is 5.75 Å². The monoisotopic (exact) mass is 304 g/mol.